The van der Waals surface area contributed by atoms with E-state index in [2.05, 4.69) is 65.4 Å². The lowest BCUT2D eigenvalue weighted by atomic mass is 10.0. The summed E-state index contributed by atoms with van der Waals surface area (Å²) in [5.41, 5.74) is 2.40. The van der Waals surface area contributed by atoms with Crippen LogP contribution in [0.25, 0.3) is 0 Å². The molecule has 1 unspecified atom stereocenters. The zero-order valence-corrected chi connectivity index (χ0v) is 13.4. The maximum Gasteiger partial charge on any atom is 0.0453 e. The summed E-state index contributed by atoms with van der Waals surface area (Å²) in [6.07, 6.45) is 0. The molecular formula is C16H17BrClN. The Morgan fingerprint density at radius 2 is 1.58 bits per heavy atom. The minimum absolute atomic E-state index is 0.215. The van der Waals surface area contributed by atoms with Crippen LogP contribution >= 0.6 is 27.5 Å². The number of nitrogens with one attached hydrogen (secondary N) is 1. The zero-order chi connectivity index (χ0) is 13.8. The standard InChI is InChI=1S/C16H17BrClN/c1-11(13-7-9-14(17)10-8-13)19-12(2)15-5-3-4-6-16(15)18/h3-12,19H,1-2H3/t11-,12?/m1/s1. The first-order valence-corrected chi connectivity index (χ1v) is 7.51. The molecule has 0 fully saturated rings. The summed E-state index contributed by atoms with van der Waals surface area (Å²) in [4.78, 5) is 0. The predicted octanol–water partition coefficient (Wildman–Crippen LogP) is 5.51. The minimum atomic E-state index is 0.215. The van der Waals surface area contributed by atoms with E-state index in [-0.39, 0.29) is 12.1 Å². The fourth-order valence-corrected chi connectivity index (χ4v) is 2.70. The lowest BCUT2D eigenvalue weighted by Crippen LogP contribution is -2.22. The van der Waals surface area contributed by atoms with Crippen molar-refractivity contribution in [1.82, 2.24) is 5.32 Å². The molecule has 0 saturated carbocycles. The minimum Gasteiger partial charge on any atom is -0.304 e. The van der Waals surface area contributed by atoms with Crippen molar-refractivity contribution in [2.75, 3.05) is 0 Å². The van der Waals surface area contributed by atoms with Crippen LogP contribution < -0.4 is 5.32 Å². The van der Waals surface area contributed by atoms with E-state index >= 15 is 0 Å². The molecule has 0 bridgehead atoms. The van der Waals surface area contributed by atoms with Gasteiger partial charge in [-0.15, -0.1) is 0 Å². The number of benzene rings is 2. The van der Waals surface area contributed by atoms with E-state index in [9.17, 15) is 0 Å². The van der Waals surface area contributed by atoms with Gasteiger partial charge < -0.3 is 5.32 Å². The molecule has 100 valence electrons. The Kier molecular flexibility index (Phi) is 5.03. The summed E-state index contributed by atoms with van der Waals surface area (Å²) in [6, 6.07) is 16.8. The lowest BCUT2D eigenvalue weighted by Gasteiger charge is -2.21. The van der Waals surface area contributed by atoms with Gasteiger partial charge in [0, 0.05) is 21.6 Å². The maximum absolute atomic E-state index is 6.22. The van der Waals surface area contributed by atoms with Crippen LogP contribution in [0.15, 0.2) is 53.0 Å². The Bertz CT molecular complexity index is 539. The molecule has 3 heteroatoms. The molecule has 19 heavy (non-hydrogen) atoms. The van der Waals surface area contributed by atoms with Crippen molar-refractivity contribution >= 4 is 27.5 Å². The van der Waals surface area contributed by atoms with Crippen LogP contribution in [0.1, 0.15) is 37.1 Å². The van der Waals surface area contributed by atoms with Crippen molar-refractivity contribution in [3.05, 3.63) is 69.2 Å². The van der Waals surface area contributed by atoms with Gasteiger partial charge in [-0.05, 0) is 43.2 Å². The Labute approximate surface area is 128 Å². The Hall–Kier alpha value is -0.830. The average molecular weight is 339 g/mol. The summed E-state index contributed by atoms with van der Waals surface area (Å²) in [5, 5.41) is 4.38. The number of rotatable bonds is 4. The molecule has 0 aliphatic rings. The summed E-state index contributed by atoms with van der Waals surface area (Å²) < 4.78 is 1.10. The monoisotopic (exact) mass is 337 g/mol. The molecule has 2 aromatic rings. The summed E-state index contributed by atoms with van der Waals surface area (Å²) >= 11 is 9.68. The van der Waals surface area contributed by atoms with Crippen molar-refractivity contribution in [3.8, 4) is 0 Å². The first-order chi connectivity index (χ1) is 9.08. The summed E-state index contributed by atoms with van der Waals surface area (Å²) in [6.45, 7) is 4.30. The first kappa shape index (κ1) is 14.6. The van der Waals surface area contributed by atoms with Crippen molar-refractivity contribution in [3.63, 3.8) is 0 Å². The van der Waals surface area contributed by atoms with E-state index in [1.54, 1.807) is 0 Å². The summed E-state index contributed by atoms with van der Waals surface area (Å²) in [5.74, 6) is 0. The number of halogens is 2. The van der Waals surface area contributed by atoms with Crippen LogP contribution in [0.4, 0.5) is 0 Å². The highest BCUT2D eigenvalue weighted by atomic mass is 79.9. The predicted molar refractivity (Wildman–Crippen MR) is 85.6 cm³/mol. The van der Waals surface area contributed by atoms with Gasteiger partial charge in [-0.3, -0.25) is 0 Å². The SMILES string of the molecule is CC(N[C@H](C)c1ccc(Br)cc1)c1ccccc1Cl. The van der Waals surface area contributed by atoms with Gasteiger partial charge in [-0.2, -0.15) is 0 Å². The maximum atomic E-state index is 6.22. The van der Waals surface area contributed by atoms with E-state index < -0.39 is 0 Å². The normalized spacial score (nSPS) is 14.1. The highest BCUT2D eigenvalue weighted by molar-refractivity contribution is 9.10. The van der Waals surface area contributed by atoms with Crippen LogP contribution in [0.3, 0.4) is 0 Å². The Balaban J connectivity index is 2.08. The Morgan fingerprint density at radius 1 is 0.947 bits per heavy atom. The third kappa shape index (κ3) is 3.82. The molecule has 2 atom stereocenters. The van der Waals surface area contributed by atoms with Crippen molar-refractivity contribution in [2.24, 2.45) is 0 Å². The molecule has 2 rings (SSSR count). The van der Waals surface area contributed by atoms with Gasteiger partial charge in [0.05, 0.1) is 0 Å². The average Bonchev–Trinajstić information content (AvgIpc) is 2.39. The van der Waals surface area contributed by atoms with Gasteiger partial charge in [-0.1, -0.05) is 57.9 Å². The van der Waals surface area contributed by atoms with Crippen molar-refractivity contribution < 1.29 is 0 Å². The fraction of sp³-hybridized carbons (Fsp3) is 0.250. The van der Waals surface area contributed by atoms with Gasteiger partial charge in [0.2, 0.25) is 0 Å². The van der Waals surface area contributed by atoms with Crippen LogP contribution in [0, 0.1) is 0 Å². The van der Waals surface area contributed by atoms with Crippen LogP contribution in [0.5, 0.6) is 0 Å². The Morgan fingerprint density at radius 3 is 2.21 bits per heavy atom. The van der Waals surface area contributed by atoms with Crippen LogP contribution in [0.2, 0.25) is 5.02 Å². The van der Waals surface area contributed by atoms with E-state index in [4.69, 9.17) is 11.6 Å². The van der Waals surface area contributed by atoms with E-state index in [0.717, 1.165) is 15.1 Å². The largest absolute Gasteiger partial charge is 0.304 e. The molecule has 0 aliphatic carbocycles. The van der Waals surface area contributed by atoms with Gasteiger partial charge >= 0.3 is 0 Å². The van der Waals surface area contributed by atoms with Crippen molar-refractivity contribution in [1.29, 1.82) is 0 Å². The molecule has 0 heterocycles. The molecule has 0 radical (unpaired) electrons. The van der Waals surface area contributed by atoms with Gasteiger partial charge in [0.15, 0.2) is 0 Å². The number of hydrogen-bond donors (Lipinski definition) is 1. The van der Waals surface area contributed by atoms with Crippen LogP contribution in [-0.4, -0.2) is 0 Å². The molecule has 1 N–H and O–H groups in total. The molecular weight excluding hydrogens is 322 g/mol. The molecule has 0 amide bonds. The number of hydrogen-bond acceptors (Lipinski definition) is 1. The molecule has 0 aromatic heterocycles. The lowest BCUT2D eigenvalue weighted by molar-refractivity contribution is 0.495. The highest BCUT2D eigenvalue weighted by Gasteiger charge is 2.13. The zero-order valence-electron chi connectivity index (χ0n) is 11.0. The van der Waals surface area contributed by atoms with E-state index in [1.165, 1.54) is 5.56 Å². The van der Waals surface area contributed by atoms with Crippen molar-refractivity contribution in [2.45, 2.75) is 25.9 Å². The fourth-order valence-electron chi connectivity index (χ4n) is 2.14. The molecule has 0 saturated heterocycles. The first-order valence-electron chi connectivity index (χ1n) is 6.34. The third-order valence-electron chi connectivity index (χ3n) is 3.24. The molecule has 0 spiro atoms. The quantitative estimate of drug-likeness (QED) is 0.774. The van der Waals surface area contributed by atoms with E-state index in [0.29, 0.717) is 0 Å². The second-order valence-corrected chi connectivity index (χ2v) is 6.01. The molecule has 2 aromatic carbocycles. The highest BCUT2D eigenvalue weighted by Crippen LogP contribution is 2.25. The molecule has 1 nitrogen and oxygen atoms in total. The molecule has 0 aliphatic heterocycles. The topological polar surface area (TPSA) is 12.0 Å². The van der Waals surface area contributed by atoms with Gasteiger partial charge in [-0.25, -0.2) is 0 Å². The smallest absolute Gasteiger partial charge is 0.0453 e. The second-order valence-electron chi connectivity index (χ2n) is 4.68. The summed E-state index contributed by atoms with van der Waals surface area (Å²) in [7, 11) is 0. The third-order valence-corrected chi connectivity index (χ3v) is 4.11. The van der Waals surface area contributed by atoms with Crippen LogP contribution in [-0.2, 0) is 0 Å². The van der Waals surface area contributed by atoms with Gasteiger partial charge in [0.25, 0.3) is 0 Å². The van der Waals surface area contributed by atoms with Gasteiger partial charge in [0.1, 0.15) is 0 Å². The second kappa shape index (κ2) is 6.56. The van der Waals surface area contributed by atoms with E-state index in [1.807, 2.05) is 18.2 Å².